The Morgan fingerprint density at radius 1 is 1.19 bits per heavy atom. The highest BCUT2D eigenvalue weighted by Crippen LogP contribution is 2.34. The van der Waals surface area contributed by atoms with Gasteiger partial charge >= 0.3 is 0 Å². The lowest BCUT2D eigenvalue weighted by atomic mass is 10.2. The van der Waals surface area contributed by atoms with Gasteiger partial charge in [0.05, 0.1) is 29.2 Å². The quantitative estimate of drug-likeness (QED) is 0.507. The molecular weight excluding hydrogens is 448 g/mol. The van der Waals surface area contributed by atoms with Crippen LogP contribution in [0.4, 0.5) is 5.82 Å². The maximum atomic E-state index is 13.3. The molecule has 0 bridgehead atoms. The number of rotatable bonds is 6. The van der Waals surface area contributed by atoms with E-state index >= 15 is 0 Å². The largest absolute Gasteiger partial charge is 0.376 e. The second-order valence-electron chi connectivity index (χ2n) is 8.05. The van der Waals surface area contributed by atoms with Crippen molar-refractivity contribution in [1.29, 1.82) is 0 Å². The van der Waals surface area contributed by atoms with Crippen LogP contribution in [0.1, 0.15) is 31.2 Å². The van der Waals surface area contributed by atoms with Gasteiger partial charge in [-0.15, -0.1) is 0 Å². The van der Waals surface area contributed by atoms with Crippen LogP contribution in [-0.2, 0) is 14.3 Å². The Morgan fingerprint density at radius 3 is 2.72 bits per heavy atom. The summed E-state index contributed by atoms with van der Waals surface area (Å²) in [5.74, 6) is 0.249. The number of ether oxygens (including phenoxy) is 2. The maximum Gasteiger partial charge on any atom is 0.267 e. The van der Waals surface area contributed by atoms with Crippen LogP contribution in [0.25, 0.3) is 11.7 Å². The van der Waals surface area contributed by atoms with E-state index < -0.39 is 0 Å². The minimum absolute atomic E-state index is 0.00782. The van der Waals surface area contributed by atoms with Crippen molar-refractivity contribution in [3.8, 4) is 0 Å². The van der Waals surface area contributed by atoms with Crippen LogP contribution in [0, 0.1) is 0 Å². The molecular formula is C22H24N4O4S2. The van der Waals surface area contributed by atoms with E-state index in [0.717, 1.165) is 32.3 Å². The van der Waals surface area contributed by atoms with Crippen LogP contribution in [0.3, 0.4) is 0 Å². The third kappa shape index (κ3) is 4.32. The van der Waals surface area contributed by atoms with Gasteiger partial charge in [0, 0.05) is 26.0 Å². The highest BCUT2D eigenvalue weighted by Gasteiger charge is 2.35. The Hall–Kier alpha value is -2.27. The molecule has 10 heteroatoms. The molecule has 0 spiro atoms. The van der Waals surface area contributed by atoms with Crippen molar-refractivity contribution < 1.29 is 14.3 Å². The molecule has 3 aliphatic rings. The lowest BCUT2D eigenvalue weighted by molar-refractivity contribution is -0.123. The predicted octanol–water partition coefficient (Wildman–Crippen LogP) is 2.67. The minimum Gasteiger partial charge on any atom is -0.376 e. The summed E-state index contributed by atoms with van der Waals surface area (Å²) in [6.45, 7) is 2.46. The SMILES string of the molecule is O=C1/C(=C/c2c(NC[C@H]3CCCO3)nc3ccccn3c2=O)SC(=S)N1C[C@H]1CCCO1. The molecule has 8 nitrogen and oxygen atoms in total. The minimum atomic E-state index is -0.241. The number of anilines is 1. The van der Waals surface area contributed by atoms with Crippen LogP contribution < -0.4 is 10.9 Å². The first-order valence-electron chi connectivity index (χ1n) is 10.8. The number of carbonyl (C=O) groups is 1. The average molecular weight is 473 g/mol. The van der Waals surface area contributed by atoms with E-state index in [-0.39, 0.29) is 23.7 Å². The number of hydrogen-bond acceptors (Lipinski definition) is 8. The monoisotopic (exact) mass is 472 g/mol. The number of fused-ring (bicyclic) bond motifs is 1. The van der Waals surface area contributed by atoms with Crippen LogP contribution >= 0.6 is 24.0 Å². The summed E-state index contributed by atoms with van der Waals surface area (Å²) in [7, 11) is 0. The van der Waals surface area contributed by atoms with E-state index in [1.807, 2.05) is 6.07 Å². The molecule has 1 amide bonds. The van der Waals surface area contributed by atoms with Gasteiger partial charge in [-0.1, -0.05) is 30.0 Å². The number of nitrogens with one attached hydrogen (secondary N) is 1. The molecule has 5 heterocycles. The molecule has 3 fully saturated rings. The fourth-order valence-corrected chi connectivity index (χ4v) is 5.42. The van der Waals surface area contributed by atoms with Crippen LogP contribution in [-0.4, -0.2) is 63.0 Å². The number of hydrogen-bond donors (Lipinski definition) is 1. The highest BCUT2D eigenvalue weighted by atomic mass is 32.2. The van der Waals surface area contributed by atoms with E-state index in [1.165, 1.54) is 16.2 Å². The number of amides is 1. The Labute approximate surface area is 195 Å². The summed E-state index contributed by atoms with van der Waals surface area (Å²) in [5, 5.41) is 3.28. The van der Waals surface area contributed by atoms with Crippen molar-refractivity contribution in [3.05, 3.63) is 45.2 Å². The van der Waals surface area contributed by atoms with Gasteiger partial charge < -0.3 is 14.8 Å². The molecule has 3 saturated heterocycles. The van der Waals surface area contributed by atoms with E-state index in [4.69, 9.17) is 21.7 Å². The van der Waals surface area contributed by atoms with E-state index in [9.17, 15) is 9.59 Å². The zero-order chi connectivity index (χ0) is 22.1. The van der Waals surface area contributed by atoms with Crippen LogP contribution in [0.5, 0.6) is 0 Å². The second kappa shape index (κ2) is 9.30. The fraction of sp³-hybridized carbons (Fsp3) is 0.455. The van der Waals surface area contributed by atoms with E-state index in [0.29, 0.717) is 46.0 Å². The average Bonchev–Trinajstić information content (AvgIpc) is 3.55. The molecule has 0 saturated carbocycles. The summed E-state index contributed by atoms with van der Waals surface area (Å²) in [6.07, 6.45) is 7.29. The normalized spacial score (nSPS) is 24.9. The zero-order valence-corrected chi connectivity index (χ0v) is 19.1. The van der Waals surface area contributed by atoms with Crippen molar-refractivity contribution in [2.24, 2.45) is 0 Å². The summed E-state index contributed by atoms with van der Waals surface area (Å²) in [6, 6.07) is 5.39. The van der Waals surface area contributed by atoms with Gasteiger partial charge in [0.2, 0.25) is 0 Å². The molecule has 2 aromatic heterocycles. The van der Waals surface area contributed by atoms with Gasteiger partial charge in [0.15, 0.2) is 0 Å². The molecule has 0 radical (unpaired) electrons. The molecule has 5 rings (SSSR count). The zero-order valence-electron chi connectivity index (χ0n) is 17.5. The van der Waals surface area contributed by atoms with Crippen molar-refractivity contribution >= 4 is 51.7 Å². The predicted molar refractivity (Wildman–Crippen MR) is 128 cm³/mol. The first-order chi connectivity index (χ1) is 15.6. The van der Waals surface area contributed by atoms with Gasteiger partial charge in [0.25, 0.3) is 11.5 Å². The van der Waals surface area contributed by atoms with Gasteiger partial charge in [-0.05, 0) is 43.9 Å². The molecule has 1 N–H and O–H groups in total. The van der Waals surface area contributed by atoms with Gasteiger partial charge in [-0.25, -0.2) is 4.98 Å². The number of carbonyl (C=O) groups excluding carboxylic acids is 1. The van der Waals surface area contributed by atoms with Crippen molar-refractivity contribution in [2.45, 2.75) is 37.9 Å². The first kappa shape index (κ1) is 21.6. The summed E-state index contributed by atoms with van der Waals surface area (Å²) >= 11 is 6.66. The van der Waals surface area contributed by atoms with Crippen molar-refractivity contribution in [1.82, 2.24) is 14.3 Å². The van der Waals surface area contributed by atoms with Crippen molar-refractivity contribution in [2.75, 3.05) is 31.6 Å². The van der Waals surface area contributed by atoms with Gasteiger partial charge in [-0.3, -0.25) is 18.9 Å². The summed E-state index contributed by atoms with van der Waals surface area (Å²) < 4.78 is 13.3. The Morgan fingerprint density at radius 2 is 1.97 bits per heavy atom. The highest BCUT2D eigenvalue weighted by molar-refractivity contribution is 8.26. The number of thiocarbonyl (C=S) groups is 1. The summed E-state index contributed by atoms with van der Waals surface area (Å²) in [5.41, 5.74) is 0.634. The molecule has 0 aliphatic carbocycles. The summed E-state index contributed by atoms with van der Waals surface area (Å²) in [4.78, 5) is 33.0. The number of aromatic nitrogens is 2. The molecule has 0 unspecified atom stereocenters. The number of thioether (sulfide) groups is 1. The fourth-order valence-electron chi connectivity index (χ4n) is 4.16. The first-order valence-corrected chi connectivity index (χ1v) is 12.1. The molecule has 2 atom stereocenters. The third-order valence-corrected chi connectivity index (χ3v) is 7.23. The number of nitrogens with zero attached hydrogens (tertiary/aromatic N) is 3. The lowest BCUT2D eigenvalue weighted by Gasteiger charge is -2.18. The molecule has 32 heavy (non-hydrogen) atoms. The topological polar surface area (TPSA) is 85.2 Å². The molecule has 3 aliphatic heterocycles. The Bertz CT molecular complexity index is 1140. The molecule has 2 aromatic rings. The maximum absolute atomic E-state index is 13.3. The molecule has 0 aromatic carbocycles. The lowest BCUT2D eigenvalue weighted by Crippen LogP contribution is -2.35. The van der Waals surface area contributed by atoms with Gasteiger partial charge in [-0.2, -0.15) is 0 Å². The van der Waals surface area contributed by atoms with E-state index in [1.54, 1.807) is 29.3 Å². The van der Waals surface area contributed by atoms with Crippen molar-refractivity contribution in [3.63, 3.8) is 0 Å². The Balaban J connectivity index is 1.47. The van der Waals surface area contributed by atoms with Crippen LogP contribution in [0.2, 0.25) is 0 Å². The van der Waals surface area contributed by atoms with E-state index in [2.05, 4.69) is 10.3 Å². The third-order valence-electron chi connectivity index (χ3n) is 5.85. The Kier molecular flexibility index (Phi) is 6.27. The standard InChI is InChI=1S/C22H24N4O4S2/c27-20-16(11-17-21(28)26(22(31)32-17)13-15-6-4-10-30-15)19(23-12-14-5-3-9-29-14)24-18-7-1-2-8-25(18)20/h1-2,7-8,11,14-15,23H,3-6,9-10,12-13H2/b17-11-/t14-,15-/m1/s1. The van der Waals surface area contributed by atoms with Crippen LogP contribution in [0.15, 0.2) is 34.1 Å². The molecule has 168 valence electrons. The smallest absolute Gasteiger partial charge is 0.267 e. The van der Waals surface area contributed by atoms with Gasteiger partial charge in [0.1, 0.15) is 15.8 Å². The second-order valence-corrected chi connectivity index (χ2v) is 9.73. The number of pyridine rings is 1.